The molecule has 0 radical (unpaired) electrons. The first-order chi connectivity index (χ1) is 9.56. The molecule has 2 N–H and O–H groups in total. The average molecular weight is 374 g/mol. The lowest BCUT2D eigenvalue weighted by molar-refractivity contribution is 0.251. The molecule has 104 valence electrons. The summed E-state index contributed by atoms with van der Waals surface area (Å²) in [6.45, 7) is 0.408. The number of carbonyl (C=O) groups excluding carboxylic acids is 1. The second-order valence-corrected chi connectivity index (χ2v) is 5.72. The van der Waals surface area contributed by atoms with Crippen LogP contribution in [-0.2, 0) is 6.54 Å². The van der Waals surface area contributed by atoms with Gasteiger partial charge in [-0.15, -0.1) is 0 Å². The van der Waals surface area contributed by atoms with Gasteiger partial charge < -0.3 is 10.6 Å². The van der Waals surface area contributed by atoms with Gasteiger partial charge in [-0.25, -0.2) is 4.79 Å². The van der Waals surface area contributed by atoms with E-state index >= 15 is 0 Å². The van der Waals surface area contributed by atoms with Crippen molar-refractivity contribution in [1.82, 2.24) is 5.32 Å². The summed E-state index contributed by atoms with van der Waals surface area (Å²) in [4.78, 5) is 11.8. The second kappa shape index (κ2) is 6.97. The molecule has 3 nitrogen and oxygen atoms in total. The number of benzene rings is 2. The summed E-state index contributed by atoms with van der Waals surface area (Å²) in [5.41, 5.74) is 1.46. The number of anilines is 1. The molecule has 0 aliphatic rings. The van der Waals surface area contributed by atoms with E-state index in [0.717, 1.165) is 10.0 Å². The molecule has 2 amide bonds. The van der Waals surface area contributed by atoms with Gasteiger partial charge in [-0.2, -0.15) is 0 Å². The van der Waals surface area contributed by atoms with Gasteiger partial charge >= 0.3 is 6.03 Å². The van der Waals surface area contributed by atoms with Gasteiger partial charge in [0.15, 0.2) is 0 Å². The lowest BCUT2D eigenvalue weighted by Crippen LogP contribution is -2.28. The zero-order chi connectivity index (χ0) is 14.5. The van der Waals surface area contributed by atoms with Crippen molar-refractivity contribution in [1.29, 1.82) is 0 Å². The Labute approximate surface area is 135 Å². The smallest absolute Gasteiger partial charge is 0.319 e. The maximum absolute atomic E-state index is 11.8. The Hall–Kier alpha value is -1.23. The number of hydrogen-bond acceptors (Lipinski definition) is 1. The molecule has 0 aliphatic heterocycles. The van der Waals surface area contributed by atoms with Gasteiger partial charge in [-0.05, 0) is 29.8 Å². The third kappa shape index (κ3) is 4.13. The van der Waals surface area contributed by atoms with Crippen molar-refractivity contribution in [2.75, 3.05) is 5.32 Å². The van der Waals surface area contributed by atoms with E-state index < -0.39 is 0 Å². The Morgan fingerprint density at radius 1 is 1.15 bits per heavy atom. The first-order valence-electron chi connectivity index (χ1n) is 5.79. The predicted molar refractivity (Wildman–Crippen MR) is 86.5 cm³/mol. The van der Waals surface area contributed by atoms with Gasteiger partial charge in [-0.3, -0.25) is 0 Å². The van der Waals surface area contributed by atoms with Crippen molar-refractivity contribution in [3.8, 4) is 0 Å². The van der Waals surface area contributed by atoms with Crippen molar-refractivity contribution in [3.05, 3.63) is 62.5 Å². The minimum atomic E-state index is -0.343. The monoisotopic (exact) mass is 372 g/mol. The maximum Gasteiger partial charge on any atom is 0.319 e. The molecule has 0 saturated carbocycles. The molecule has 20 heavy (non-hydrogen) atoms. The highest BCUT2D eigenvalue weighted by atomic mass is 79.9. The van der Waals surface area contributed by atoms with E-state index in [4.69, 9.17) is 23.2 Å². The first kappa shape index (κ1) is 15.2. The number of halogens is 3. The lowest BCUT2D eigenvalue weighted by atomic mass is 10.2. The topological polar surface area (TPSA) is 41.1 Å². The van der Waals surface area contributed by atoms with Gasteiger partial charge in [0.1, 0.15) is 0 Å². The van der Waals surface area contributed by atoms with E-state index in [-0.39, 0.29) is 6.03 Å². The molecule has 0 bridgehead atoms. The van der Waals surface area contributed by atoms with Crippen LogP contribution in [0.25, 0.3) is 0 Å². The minimum absolute atomic E-state index is 0.343. The SMILES string of the molecule is O=C(NCc1ccccc1Br)Nc1cc(Cl)ccc1Cl. The number of urea groups is 1. The van der Waals surface area contributed by atoms with Crippen molar-refractivity contribution in [2.24, 2.45) is 0 Å². The van der Waals surface area contributed by atoms with Gasteiger partial charge in [-0.1, -0.05) is 57.3 Å². The van der Waals surface area contributed by atoms with E-state index in [2.05, 4.69) is 26.6 Å². The summed E-state index contributed by atoms with van der Waals surface area (Å²) < 4.78 is 0.945. The first-order valence-corrected chi connectivity index (χ1v) is 7.34. The molecule has 0 atom stereocenters. The highest BCUT2D eigenvalue weighted by molar-refractivity contribution is 9.10. The van der Waals surface area contributed by atoms with Crippen LogP contribution in [0.5, 0.6) is 0 Å². The minimum Gasteiger partial charge on any atom is -0.334 e. The fourth-order valence-electron chi connectivity index (χ4n) is 1.58. The molecular formula is C14H11BrCl2N2O. The quantitative estimate of drug-likeness (QED) is 0.773. The summed E-state index contributed by atoms with van der Waals surface area (Å²) in [7, 11) is 0. The molecule has 0 aromatic heterocycles. The Bertz CT molecular complexity index is 634. The Kier molecular flexibility index (Phi) is 5.29. The van der Waals surface area contributed by atoms with E-state index in [1.165, 1.54) is 0 Å². The predicted octanol–water partition coefficient (Wildman–Crippen LogP) is 5.08. The van der Waals surface area contributed by atoms with Crippen LogP contribution in [-0.4, -0.2) is 6.03 Å². The molecule has 0 aliphatic carbocycles. The second-order valence-electron chi connectivity index (χ2n) is 4.02. The molecule has 2 aromatic carbocycles. The molecule has 0 fully saturated rings. The van der Waals surface area contributed by atoms with Gasteiger partial charge in [0.2, 0.25) is 0 Å². The summed E-state index contributed by atoms with van der Waals surface area (Å²) in [5.74, 6) is 0. The zero-order valence-corrected chi connectivity index (χ0v) is 13.4. The summed E-state index contributed by atoms with van der Waals surface area (Å²) in [6.07, 6.45) is 0. The number of nitrogens with one attached hydrogen (secondary N) is 2. The van der Waals surface area contributed by atoms with Crippen LogP contribution in [0.2, 0.25) is 10.0 Å². The third-order valence-corrected chi connectivity index (χ3v) is 3.91. The van der Waals surface area contributed by atoms with Crippen LogP contribution in [0.4, 0.5) is 10.5 Å². The Balaban J connectivity index is 1.96. The maximum atomic E-state index is 11.8. The number of amides is 2. The van der Waals surface area contributed by atoms with Gasteiger partial charge in [0.25, 0.3) is 0 Å². The molecule has 0 spiro atoms. The fraction of sp³-hybridized carbons (Fsp3) is 0.0714. The molecule has 6 heteroatoms. The van der Waals surface area contributed by atoms with E-state index in [1.807, 2.05) is 24.3 Å². The molecule has 2 aromatic rings. The Morgan fingerprint density at radius 3 is 2.65 bits per heavy atom. The average Bonchev–Trinajstić information content (AvgIpc) is 2.42. The number of rotatable bonds is 3. The van der Waals surface area contributed by atoms with Crippen LogP contribution in [0.15, 0.2) is 46.9 Å². The van der Waals surface area contributed by atoms with E-state index in [0.29, 0.717) is 22.3 Å². The fourth-order valence-corrected chi connectivity index (χ4v) is 2.34. The summed E-state index contributed by atoms with van der Waals surface area (Å²) in [6, 6.07) is 12.2. The molecular weight excluding hydrogens is 363 g/mol. The van der Waals surface area contributed by atoms with E-state index in [9.17, 15) is 4.79 Å². The van der Waals surface area contributed by atoms with Crippen LogP contribution in [0.1, 0.15) is 5.56 Å². The van der Waals surface area contributed by atoms with Gasteiger partial charge in [0, 0.05) is 16.0 Å². The van der Waals surface area contributed by atoms with Crippen molar-refractivity contribution < 1.29 is 4.79 Å². The van der Waals surface area contributed by atoms with Gasteiger partial charge in [0.05, 0.1) is 10.7 Å². The number of hydrogen-bond donors (Lipinski definition) is 2. The highest BCUT2D eigenvalue weighted by Gasteiger charge is 2.07. The third-order valence-electron chi connectivity index (χ3n) is 2.57. The van der Waals surface area contributed by atoms with Crippen LogP contribution in [0.3, 0.4) is 0 Å². The van der Waals surface area contributed by atoms with Crippen molar-refractivity contribution >= 4 is 50.9 Å². The van der Waals surface area contributed by atoms with Crippen LogP contribution in [0, 0.1) is 0 Å². The molecule has 0 saturated heterocycles. The van der Waals surface area contributed by atoms with Crippen LogP contribution < -0.4 is 10.6 Å². The standard InChI is InChI=1S/C14H11BrCl2N2O/c15-11-4-2-1-3-9(11)8-18-14(20)19-13-7-10(16)5-6-12(13)17/h1-7H,8H2,(H2,18,19,20). The largest absolute Gasteiger partial charge is 0.334 e. The molecule has 2 rings (SSSR count). The highest BCUT2D eigenvalue weighted by Crippen LogP contribution is 2.25. The van der Waals surface area contributed by atoms with Crippen LogP contribution >= 0.6 is 39.1 Å². The Morgan fingerprint density at radius 2 is 1.90 bits per heavy atom. The lowest BCUT2D eigenvalue weighted by Gasteiger charge is -2.10. The normalized spacial score (nSPS) is 10.2. The zero-order valence-electron chi connectivity index (χ0n) is 10.3. The summed E-state index contributed by atoms with van der Waals surface area (Å²) >= 11 is 15.3. The molecule has 0 unspecified atom stereocenters. The number of carbonyl (C=O) groups is 1. The summed E-state index contributed by atoms with van der Waals surface area (Å²) in [5, 5.41) is 6.36. The van der Waals surface area contributed by atoms with Crippen molar-refractivity contribution in [3.63, 3.8) is 0 Å². The molecule has 0 heterocycles. The van der Waals surface area contributed by atoms with Crippen molar-refractivity contribution in [2.45, 2.75) is 6.54 Å². The van der Waals surface area contributed by atoms with E-state index in [1.54, 1.807) is 18.2 Å².